The van der Waals surface area contributed by atoms with Crippen molar-refractivity contribution in [3.63, 3.8) is 0 Å². The lowest BCUT2D eigenvalue weighted by atomic mass is 10.0. The van der Waals surface area contributed by atoms with Crippen molar-refractivity contribution in [1.29, 1.82) is 0 Å². The lowest BCUT2D eigenvalue weighted by Gasteiger charge is -2.28. The van der Waals surface area contributed by atoms with Crippen LogP contribution in [0.2, 0.25) is 0 Å². The van der Waals surface area contributed by atoms with Gasteiger partial charge in [-0.25, -0.2) is 4.79 Å². The number of nitrogens with two attached hydrogens (primary N) is 1. The molecule has 1 fully saturated rings. The summed E-state index contributed by atoms with van der Waals surface area (Å²) in [5.74, 6) is -2.70. The molecule has 1 aliphatic heterocycles. The van der Waals surface area contributed by atoms with Gasteiger partial charge in [0.1, 0.15) is 18.1 Å². The molecular formula is C28H33N5O5S. The maximum atomic E-state index is 13.6. The van der Waals surface area contributed by atoms with Gasteiger partial charge in [0.15, 0.2) is 0 Å². The fourth-order valence-corrected chi connectivity index (χ4v) is 5.17. The summed E-state index contributed by atoms with van der Waals surface area (Å²) in [7, 11) is 0. The molecule has 4 atom stereocenters. The second-order valence-corrected chi connectivity index (χ2v) is 10.1. The first-order chi connectivity index (χ1) is 18.8. The summed E-state index contributed by atoms with van der Waals surface area (Å²) in [5.41, 5.74) is 8.64. The van der Waals surface area contributed by atoms with Crippen molar-refractivity contribution in [3.8, 4) is 0 Å². The van der Waals surface area contributed by atoms with E-state index in [9.17, 15) is 24.3 Å². The Morgan fingerprint density at radius 2 is 1.69 bits per heavy atom. The average Bonchev–Trinajstić information content (AvgIpc) is 3.59. The van der Waals surface area contributed by atoms with E-state index in [0.717, 1.165) is 22.0 Å². The molecule has 39 heavy (non-hydrogen) atoms. The molecule has 6 N–H and O–H groups in total. The van der Waals surface area contributed by atoms with E-state index in [1.165, 1.54) is 4.90 Å². The number of nitrogens with zero attached hydrogens (tertiary/aromatic N) is 1. The maximum Gasteiger partial charge on any atom is 0.326 e. The average molecular weight is 552 g/mol. The van der Waals surface area contributed by atoms with Gasteiger partial charge in [0.05, 0.1) is 6.04 Å². The molecule has 1 aromatic heterocycles. The van der Waals surface area contributed by atoms with Gasteiger partial charge in [0, 0.05) is 35.8 Å². The number of fused-ring (bicyclic) bond motifs is 1. The van der Waals surface area contributed by atoms with Crippen LogP contribution < -0.4 is 16.4 Å². The summed E-state index contributed by atoms with van der Waals surface area (Å²) >= 11 is 4.24. The van der Waals surface area contributed by atoms with Gasteiger partial charge in [-0.2, -0.15) is 12.6 Å². The molecule has 2 aromatic carbocycles. The number of nitrogens with one attached hydrogen (secondary N) is 3. The Hall–Kier alpha value is -3.83. The number of benzene rings is 2. The minimum Gasteiger partial charge on any atom is -0.480 e. The normalized spacial score (nSPS) is 17.4. The quantitative estimate of drug-likeness (QED) is 0.197. The summed E-state index contributed by atoms with van der Waals surface area (Å²) in [5, 5.41) is 15.9. The van der Waals surface area contributed by atoms with Gasteiger partial charge < -0.3 is 31.4 Å². The largest absolute Gasteiger partial charge is 0.480 e. The van der Waals surface area contributed by atoms with E-state index in [0.29, 0.717) is 19.3 Å². The number of carbonyl (C=O) groups excluding carboxylic acids is 3. The van der Waals surface area contributed by atoms with Gasteiger partial charge in [-0.1, -0.05) is 48.5 Å². The number of amides is 3. The molecule has 1 saturated heterocycles. The maximum absolute atomic E-state index is 13.6. The van der Waals surface area contributed by atoms with E-state index in [1.54, 1.807) is 6.20 Å². The van der Waals surface area contributed by atoms with Crippen molar-refractivity contribution in [1.82, 2.24) is 20.5 Å². The summed E-state index contributed by atoms with van der Waals surface area (Å²) in [6.07, 6.45) is 3.11. The first-order valence-corrected chi connectivity index (χ1v) is 13.5. The second-order valence-electron chi connectivity index (χ2n) is 9.69. The number of likely N-dealkylation sites (tertiary alicyclic amines) is 1. The predicted molar refractivity (Wildman–Crippen MR) is 150 cm³/mol. The second kappa shape index (κ2) is 12.8. The zero-order chi connectivity index (χ0) is 27.9. The molecule has 0 saturated carbocycles. The lowest BCUT2D eigenvalue weighted by molar-refractivity contribution is -0.149. The van der Waals surface area contributed by atoms with Crippen molar-refractivity contribution in [2.75, 3.05) is 12.3 Å². The number of rotatable bonds is 11. The Bertz CT molecular complexity index is 1330. The van der Waals surface area contributed by atoms with E-state index in [1.807, 2.05) is 54.6 Å². The molecule has 3 amide bonds. The zero-order valence-electron chi connectivity index (χ0n) is 21.4. The number of aromatic nitrogens is 1. The van der Waals surface area contributed by atoms with Crippen LogP contribution in [0.25, 0.3) is 10.9 Å². The van der Waals surface area contributed by atoms with Crippen LogP contribution in [-0.4, -0.2) is 75.1 Å². The summed E-state index contributed by atoms with van der Waals surface area (Å²) in [4.78, 5) is 55.9. The molecule has 0 radical (unpaired) electrons. The van der Waals surface area contributed by atoms with E-state index in [-0.39, 0.29) is 18.7 Å². The Labute approximate surface area is 231 Å². The third kappa shape index (κ3) is 6.79. The van der Waals surface area contributed by atoms with Crippen LogP contribution in [0.1, 0.15) is 24.0 Å². The van der Waals surface area contributed by atoms with Crippen molar-refractivity contribution in [2.45, 2.75) is 49.9 Å². The molecule has 3 aromatic rings. The highest BCUT2D eigenvalue weighted by atomic mass is 32.1. The fraction of sp³-hybridized carbons (Fsp3) is 0.357. The van der Waals surface area contributed by atoms with Crippen molar-refractivity contribution >= 4 is 47.2 Å². The molecular weight excluding hydrogens is 518 g/mol. The van der Waals surface area contributed by atoms with E-state index < -0.39 is 47.9 Å². The lowest BCUT2D eigenvalue weighted by Crippen LogP contribution is -2.58. The van der Waals surface area contributed by atoms with Crippen molar-refractivity contribution in [2.24, 2.45) is 5.73 Å². The van der Waals surface area contributed by atoms with Crippen molar-refractivity contribution < 1.29 is 24.3 Å². The predicted octanol–water partition coefficient (Wildman–Crippen LogP) is 1.26. The van der Waals surface area contributed by atoms with Crippen LogP contribution >= 0.6 is 12.6 Å². The van der Waals surface area contributed by atoms with Gasteiger partial charge in [0.2, 0.25) is 17.7 Å². The third-order valence-corrected chi connectivity index (χ3v) is 7.35. The zero-order valence-corrected chi connectivity index (χ0v) is 22.3. The monoisotopic (exact) mass is 551 g/mol. The summed E-state index contributed by atoms with van der Waals surface area (Å²) in [6.45, 7) is 0.289. The molecule has 0 bridgehead atoms. The van der Waals surface area contributed by atoms with Crippen LogP contribution in [0.3, 0.4) is 0 Å². The number of carboxylic acid groups (broad SMARTS) is 1. The third-order valence-electron chi connectivity index (χ3n) is 6.99. The van der Waals surface area contributed by atoms with E-state index >= 15 is 0 Å². The van der Waals surface area contributed by atoms with Gasteiger partial charge >= 0.3 is 5.97 Å². The highest BCUT2D eigenvalue weighted by Gasteiger charge is 2.38. The first-order valence-electron chi connectivity index (χ1n) is 12.9. The Balaban J connectivity index is 1.50. The molecule has 2 heterocycles. The number of H-pyrrole nitrogens is 1. The molecule has 0 aliphatic carbocycles. The van der Waals surface area contributed by atoms with E-state index in [2.05, 4.69) is 28.2 Å². The Morgan fingerprint density at radius 1 is 1.00 bits per heavy atom. The molecule has 11 heteroatoms. The smallest absolute Gasteiger partial charge is 0.326 e. The van der Waals surface area contributed by atoms with E-state index in [4.69, 9.17) is 5.73 Å². The van der Waals surface area contributed by atoms with Gasteiger partial charge in [-0.15, -0.1) is 0 Å². The van der Waals surface area contributed by atoms with Crippen LogP contribution in [0.15, 0.2) is 60.8 Å². The van der Waals surface area contributed by atoms with Crippen molar-refractivity contribution in [3.05, 3.63) is 71.9 Å². The minimum absolute atomic E-state index is 0.0227. The fourth-order valence-electron chi connectivity index (χ4n) is 4.91. The molecule has 4 unspecified atom stereocenters. The minimum atomic E-state index is -1.08. The van der Waals surface area contributed by atoms with Crippen LogP contribution in [0.5, 0.6) is 0 Å². The Morgan fingerprint density at radius 3 is 2.41 bits per heavy atom. The topological polar surface area (TPSA) is 158 Å². The number of hydrogen-bond donors (Lipinski definition) is 6. The number of thiol groups is 1. The highest BCUT2D eigenvalue weighted by molar-refractivity contribution is 7.80. The Kier molecular flexibility index (Phi) is 9.26. The summed E-state index contributed by atoms with van der Waals surface area (Å²) in [6, 6.07) is 12.9. The molecule has 4 rings (SSSR count). The molecule has 206 valence electrons. The summed E-state index contributed by atoms with van der Waals surface area (Å²) < 4.78 is 0. The number of hydrogen-bond acceptors (Lipinski definition) is 6. The number of aliphatic carboxylic acids is 1. The number of aromatic amines is 1. The highest BCUT2D eigenvalue weighted by Crippen LogP contribution is 2.23. The number of carbonyl (C=O) groups is 4. The standard InChI is InChI=1S/C28H33N5O5S/c29-20(13-17-7-2-1-3-8-17)25(34)32-23(16-39)26(35)31-22(27(36)33-12-6-11-24(33)28(37)38)14-18-15-30-21-10-5-4-9-19(18)21/h1-5,7-10,15,20,22-24,30,39H,6,11-14,16,29H2,(H,31,35)(H,32,34)(H,37,38). The molecule has 10 nitrogen and oxygen atoms in total. The van der Waals surface area contributed by atoms with Gasteiger partial charge in [-0.3, -0.25) is 14.4 Å². The van der Waals surface area contributed by atoms with Crippen LogP contribution in [0, 0.1) is 0 Å². The molecule has 1 aliphatic rings. The SMILES string of the molecule is NC(Cc1ccccc1)C(=O)NC(CS)C(=O)NC(Cc1c[nH]c2ccccc12)C(=O)N1CCCC1C(=O)O. The number of carboxylic acids is 1. The van der Waals surface area contributed by atoms with Crippen LogP contribution in [-0.2, 0) is 32.0 Å². The van der Waals surface area contributed by atoms with Crippen LogP contribution in [0.4, 0.5) is 0 Å². The van der Waals surface area contributed by atoms with Gasteiger partial charge in [-0.05, 0) is 36.5 Å². The van der Waals surface area contributed by atoms with Gasteiger partial charge in [0.25, 0.3) is 0 Å². The molecule has 0 spiro atoms. The first kappa shape index (κ1) is 28.2. The number of para-hydroxylation sites is 1.